The molecule has 1 aliphatic rings. The van der Waals surface area contributed by atoms with Crippen molar-refractivity contribution < 1.29 is 4.74 Å². The predicted octanol–water partition coefficient (Wildman–Crippen LogP) is 5.38. The van der Waals surface area contributed by atoms with Crippen LogP contribution in [-0.4, -0.2) is 39.1 Å². The highest BCUT2D eigenvalue weighted by molar-refractivity contribution is 5.80. The van der Waals surface area contributed by atoms with E-state index in [9.17, 15) is 0 Å². The minimum absolute atomic E-state index is 0.0568. The summed E-state index contributed by atoms with van der Waals surface area (Å²) in [5.74, 6) is 0. The third-order valence-corrected chi connectivity index (χ3v) is 5.77. The van der Waals surface area contributed by atoms with Crippen molar-refractivity contribution in [1.82, 2.24) is 0 Å². The van der Waals surface area contributed by atoms with Crippen molar-refractivity contribution in [2.24, 2.45) is 10.4 Å². The van der Waals surface area contributed by atoms with Crippen molar-refractivity contribution in [3.05, 3.63) is 65.7 Å². The summed E-state index contributed by atoms with van der Waals surface area (Å²) < 4.78 is 6.02. The van der Waals surface area contributed by atoms with E-state index in [2.05, 4.69) is 87.4 Å². The van der Waals surface area contributed by atoms with Crippen LogP contribution in [0.2, 0.25) is 0 Å². The van der Waals surface area contributed by atoms with Crippen LogP contribution in [0, 0.1) is 5.41 Å². The van der Waals surface area contributed by atoms with Crippen LogP contribution in [0.1, 0.15) is 44.2 Å². The molecule has 2 aromatic carbocycles. The van der Waals surface area contributed by atoms with Crippen molar-refractivity contribution >= 4 is 11.9 Å². The van der Waals surface area contributed by atoms with Gasteiger partial charge < -0.3 is 9.64 Å². The lowest BCUT2D eigenvalue weighted by molar-refractivity contribution is -0.106. The maximum Gasteiger partial charge on any atom is 0.0631 e. The topological polar surface area (TPSA) is 24.8 Å². The number of nitrogens with zero attached hydrogens (tertiary/aromatic N) is 2. The molecule has 0 radical (unpaired) electrons. The first kappa shape index (κ1) is 20.6. The SMILES string of the molecule is CN(C)c1ccc(C=NCCC2(Cc3ccccc3)CCOC(C)(C)C2)cc1. The normalized spacial score (nSPS) is 21.7. The first-order chi connectivity index (χ1) is 13.4. The number of hydrogen-bond acceptors (Lipinski definition) is 3. The molecule has 0 amide bonds. The molecule has 0 bridgehead atoms. The van der Waals surface area contributed by atoms with Gasteiger partial charge in [-0.25, -0.2) is 0 Å². The van der Waals surface area contributed by atoms with Crippen LogP contribution in [0.4, 0.5) is 5.69 Å². The maximum atomic E-state index is 6.02. The number of benzene rings is 2. The Balaban J connectivity index is 1.66. The van der Waals surface area contributed by atoms with Crippen molar-refractivity contribution in [3.8, 4) is 0 Å². The van der Waals surface area contributed by atoms with E-state index in [4.69, 9.17) is 9.73 Å². The van der Waals surface area contributed by atoms with Crippen molar-refractivity contribution in [2.75, 3.05) is 32.1 Å². The average Bonchev–Trinajstić information content (AvgIpc) is 2.66. The number of aliphatic imine (C=N–C) groups is 1. The third kappa shape index (κ3) is 5.68. The number of ether oxygens (including phenoxy) is 1. The van der Waals surface area contributed by atoms with Crippen molar-refractivity contribution in [1.29, 1.82) is 0 Å². The molecule has 1 unspecified atom stereocenters. The van der Waals surface area contributed by atoms with E-state index in [0.29, 0.717) is 0 Å². The molecule has 3 heteroatoms. The molecule has 1 fully saturated rings. The Kier molecular flexibility index (Phi) is 6.56. The van der Waals surface area contributed by atoms with E-state index in [1.165, 1.54) is 11.3 Å². The third-order valence-electron chi connectivity index (χ3n) is 5.77. The van der Waals surface area contributed by atoms with Crippen LogP contribution in [0.25, 0.3) is 0 Å². The fraction of sp³-hybridized carbons (Fsp3) is 0.480. The zero-order valence-corrected chi connectivity index (χ0v) is 17.8. The van der Waals surface area contributed by atoms with E-state index in [1.807, 2.05) is 6.21 Å². The second kappa shape index (κ2) is 8.91. The lowest BCUT2D eigenvalue weighted by atomic mass is 9.68. The Hall–Kier alpha value is -2.13. The molecular weight excluding hydrogens is 344 g/mol. The lowest BCUT2D eigenvalue weighted by Gasteiger charge is -2.45. The van der Waals surface area contributed by atoms with Crippen LogP contribution in [0.15, 0.2) is 59.6 Å². The van der Waals surface area contributed by atoms with Crippen LogP contribution < -0.4 is 4.90 Å². The molecule has 3 rings (SSSR count). The van der Waals surface area contributed by atoms with Crippen LogP contribution >= 0.6 is 0 Å². The highest BCUT2D eigenvalue weighted by atomic mass is 16.5. The summed E-state index contributed by atoms with van der Waals surface area (Å²) in [7, 11) is 4.12. The van der Waals surface area contributed by atoms with E-state index in [-0.39, 0.29) is 11.0 Å². The van der Waals surface area contributed by atoms with Gasteiger partial charge in [-0.15, -0.1) is 0 Å². The number of rotatable bonds is 7. The maximum absolute atomic E-state index is 6.02. The van der Waals surface area contributed by atoms with Gasteiger partial charge in [0, 0.05) is 39.1 Å². The fourth-order valence-electron chi connectivity index (χ4n) is 4.40. The summed E-state index contributed by atoms with van der Waals surface area (Å²) in [5.41, 5.74) is 4.00. The van der Waals surface area contributed by atoms with Crippen LogP contribution in [0.3, 0.4) is 0 Å². The van der Waals surface area contributed by atoms with Gasteiger partial charge in [-0.1, -0.05) is 42.5 Å². The van der Waals surface area contributed by atoms with E-state index >= 15 is 0 Å². The zero-order chi connectivity index (χ0) is 20.0. The highest BCUT2D eigenvalue weighted by Gasteiger charge is 2.40. The van der Waals surface area contributed by atoms with Gasteiger partial charge in [0.15, 0.2) is 0 Å². The molecule has 1 saturated heterocycles. The minimum atomic E-state index is -0.0568. The predicted molar refractivity (Wildman–Crippen MR) is 120 cm³/mol. The van der Waals surface area contributed by atoms with Gasteiger partial charge in [0.2, 0.25) is 0 Å². The average molecular weight is 379 g/mol. The summed E-state index contributed by atoms with van der Waals surface area (Å²) in [6.45, 7) is 6.15. The lowest BCUT2D eigenvalue weighted by Crippen LogP contribution is -2.43. The van der Waals surface area contributed by atoms with E-state index < -0.39 is 0 Å². The molecule has 0 aliphatic carbocycles. The standard InChI is InChI=1S/C25H34N2O/c1-24(2)20-25(15-17-28-24,18-21-8-6-5-7-9-21)14-16-26-19-22-10-12-23(13-11-22)27(3)4/h5-13,19H,14-18,20H2,1-4H3. The van der Waals surface area contributed by atoms with Crippen LogP contribution in [0.5, 0.6) is 0 Å². The van der Waals surface area contributed by atoms with Gasteiger partial charge in [0.1, 0.15) is 0 Å². The number of hydrogen-bond donors (Lipinski definition) is 0. The summed E-state index contributed by atoms with van der Waals surface area (Å²) in [6.07, 6.45) is 6.41. The summed E-state index contributed by atoms with van der Waals surface area (Å²) >= 11 is 0. The molecule has 28 heavy (non-hydrogen) atoms. The quantitative estimate of drug-likeness (QED) is 0.604. The van der Waals surface area contributed by atoms with E-state index in [1.54, 1.807) is 0 Å². The van der Waals surface area contributed by atoms with Crippen molar-refractivity contribution in [3.63, 3.8) is 0 Å². The van der Waals surface area contributed by atoms with Crippen LogP contribution in [-0.2, 0) is 11.2 Å². The molecule has 0 saturated carbocycles. The molecule has 1 heterocycles. The Morgan fingerprint density at radius 3 is 2.39 bits per heavy atom. The van der Waals surface area contributed by atoms with E-state index in [0.717, 1.165) is 44.4 Å². The molecule has 0 spiro atoms. The smallest absolute Gasteiger partial charge is 0.0631 e. The number of anilines is 1. The molecule has 2 aromatic rings. The van der Waals surface area contributed by atoms with Gasteiger partial charge in [0.25, 0.3) is 0 Å². The first-order valence-corrected chi connectivity index (χ1v) is 10.3. The van der Waals surface area contributed by atoms with Gasteiger partial charge in [-0.3, -0.25) is 4.99 Å². The second-order valence-corrected chi connectivity index (χ2v) is 8.97. The molecule has 0 N–H and O–H groups in total. The Morgan fingerprint density at radius 2 is 1.75 bits per heavy atom. The van der Waals surface area contributed by atoms with Gasteiger partial charge in [-0.05, 0) is 68.2 Å². The summed E-state index contributed by atoms with van der Waals surface area (Å²) in [6, 6.07) is 19.4. The first-order valence-electron chi connectivity index (χ1n) is 10.3. The molecule has 3 nitrogen and oxygen atoms in total. The molecule has 1 aliphatic heterocycles. The minimum Gasteiger partial charge on any atom is -0.378 e. The Labute approximate surface area is 170 Å². The Bertz CT molecular complexity index is 765. The highest BCUT2D eigenvalue weighted by Crippen LogP contribution is 2.44. The summed E-state index contributed by atoms with van der Waals surface area (Å²) in [4.78, 5) is 6.88. The monoisotopic (exact) mass is 378 g/mol. The summed E-state index contributed by atoms with van der Waals surface area (Å²) in [5, 5.41) is 0. The largest absolute Gasteiger partial charge is 0.378 e. The molecule has 1 atom stereocenters. The molecule has 0 aromatic heterocycles. The van der Waals surface area contributed by atoms with Gasteiger partial charge in [0.05, 0.1) is 5.60 Å². The molecule has 150 valence electrons. The molecular formula is C25H34N2O. The fourth-order valence-corrected chi connectivity index (χ4v) is 4.40. The Morgan fingerprint density at radius 1 is 1.04 bits per heavy atom. The van der Waals surface area contributed by atoms with Crippen molar-refractivity contribution in [2.45, 2.75) is 45.1 Å². The zero-order valence-electron chi connectivity index (χ0n) is 17.8. The second-order valence-electron chi connectivity index (χ2n) is 8.97. The van der Waals surface area contributed by atoms with Gasteiger partial charge in [-0.2, -0.15) is 0 Å². The van der Waals surface area contributed by atoms with Gasteiger partial charge >= 0.3 is 0 Å².